The number of aryl methyl sites for hydroxylation is 1. The standard InChI is InChI=1S/C12H15N3O/c1-3-12-14-4-5-15(12)10-6-9(13)7-11(8-10)16-2/h4-8H,3,13H2,1-2H3. The number of hydrogen-bond acceptors (Lipinski definition) is 3. The molecule has 1 aromatic carbocycles. The number of hydrogen-bond donors (Lipinski definition) is 1. The van der Waals surface area contributed by atoms with Gasteiger partial charge >= 0.3 is 0 Å². The van der Waals surface area contributed by atoms with Crippen molar-refractivity contribution in [2.45, 2.75) is 13.3 Å². The summed E-state index contributed by atoms with van der Waals surface area (Å²) < 4.78 is 7.21. The summed E-state index contributed by atoms with van der Waals surface area (Å²) in [5, 5.41) is 0. The van der Waals surface area contributed by atoms with Crippen LogP contribution in [0.15, 0.2) is 30.6 Å². The zero-order valence-electron chi connectivity index (χ0n) is 9.47. The van der Waals surface area contributed by atoms with E-state index in [0.717, 1.165) is 23.7 Å². The molecule has 0 bridgehead atoms. The summed E-state index contributed by atoms with van der Waals surface area (Å²) in [5.41, 5.74) is 7.48. The number of methoxy groups -OCH3 is 1. The number of ether oxygens (including phenoxy) is 1. The zero-order chi connectivity index (χ0) is 11.5. The summed E-state index contributed by atoms with van der Waals surface area (Å²) in [5.74, 6) is 1.76. The molecule has 0 saturated heterocycles. The molecule has 4 nitrogen and oxygen atoms in total. The van der Waals surface area contributed by atoms with E-state index < -0.39 is 0 Å². The Bertz CT molecular complexity index is 491. The zero-order valence-corrected chi connectivity index (χ0v) is 9.47. The van der Waals surface area contributed by atoms with Gasteiger partial charge in [-0.05, 0) is 6.07 Å². The summed E-state index contributed by atoms with van der Waals surface area (Å²) >= 11 is 0. The maximum absolute atomic E-state index is 5.82. The van der Waals surface area contributed by atoms with Crippen LogP contribution in [0.25, 0.3) is 5.69 Å². The van der Waals surface area contributed by atoms with Crippen molar-refractivity contribution in [3.05, 3.63) is 36.4 Å². The van der Waals surface area contributed by atoms with Gasteiger partial charge in [0.25, 0.3) is 0 Å². The second-order valence-corrected chi connectivity index (χ2v) is 3.53. The quantitative estimate of drug-likeness (QED) is 0.800. The highest BCUT2D eigenvalue weighted by molar-refractivity contribution is 5.53. The fourth-order valence-electron chi connectivity index (χ4n) is 1.69. The molecule has 16 heavy (non-hydrogen) atoms. The number of aromatic nitrogens is 2. The highest BCUT2D eigenvalue weighted by Crippen LogP contribution is 2.22. The molecule has 84 valence electrons. The summed E-state index contributed by atoms with van der Waals surface area (Å²) in [6.45, 7) is 2.07. The minimum Gasteiger partial charge on any atom is -0.497 e. The normalized spacial score (nSPS) is 10.4. The van der Waals surface area contributed by atoms with Crippen LogP contribution < -0.4 is 10.5 Å². The fourth-order valence-corrected chi connectivity index (χ4v) is 1.69. The topological polar surface area (TPSA) is 53.1 Å². The number of anilines is 1. The lowest BCUT2D eigenvalue weighted by molar-refractivity contribution is 0.415. The van der Waals surface area contributed by atoms with Gasteiger partial charge in [-0.1, -0.05) is 6.92 Å². The van der Waals surface area contributed by atoms with Gasteiger partial charge in [-0.15, -0.1) is 0 Å². The number of nitrogens with zero attached hydrogens (tertiary/aromatic N) is 2. The van der Waals surface area contributed by atoms with Crippen molar-refractivity contribution in [3.63, 3.8) is 0 Å². The molecule has 0 aliphatic rings. The predicted octanol–water partition coefficient (Wildman–Crippen LogP) is 2.03. The van der Waals surface area contributed by atoms with Crippen LogP contribution in [0.5, 0.6) is 5.75 Å². The maximum atomic E-state index is 5.82. The average molecular weight is 217 g/mol. The molecule has 2 rings (SSSR count). The third kappa shape index (κ3) is 1.86. The summed E-state index contributed by atoms with van der Waals surface area (Å²) in [6, 6.07) is 5.65. The van der Waals surface area contributed by atoms with E-state index >= 15 is 0 Å². The van der Waals surface area contributed by atoms with E-state index in [1.165, 1.54) is 0 Å². The predicted molar refractivity (Wildman–Crippen MR) is 63.9 cm³/mol. The van der Waals surface area contributed by atoms with Gasteiger partial charge < -0.3 is 15.0 Å². The summed E-state index contributed by atoms with van der Waals surface area (Å²) in [7, 11) is 1.63. The molecular weight excluding hydrogens is 202 g/mol. The fraction of sp³-hybridized carbons (Fsp3) is 0.250. The monoisotopic (exact) mass is 217 g/mol. The Hall–Kier alpha value is -1.97. The molecule has 0 atom stereocenters. The Morgan fingerprint density at radius 2 is 2.19 bits per heavy atom. The Labute approximate surface area is 94.7 Å². The Kier molecular flexibility index (Phi) is 2.81. The smallest absolute Gasteiger partial charge is 0.123 e. The van der Waals surface area contributed by atoms with E-state index in [9.17, 15) is 0 Å². The molecule has 2 N–H and O–H groups in total. The highest BCUT2D eigenvalue weighted by atomic mass is 16.5. The number of rotatable bonds is 3. The Morgan fingerprint density at radius 3 is 2.88 bits per heavy atom. The van der Waals surface area contributed by atoms with Crippen molar-refractivity contribution in [2.75, 3.05) is 12.8 Å². The van der Waals surface area contributed by atoms with Gasteiger partial charge in [0.2, 0.25) is 0 Å². The van der Waals surface area contributed by atoms with Crippen LogP contribution in [0, 0.1) is 0 Å². The number of nitrogens with two attached hydrogens (primary N) is 1. The van der Waals surface area contributed by atoms with Crippen LogP contribution in [0.1, 0.15) is 12.7 Å². The van der Waals surface area contributed by atoms with Gasteiger partial charge in [-0.25, -0.2) is 4.98 Å². The molecule has 0 aliphatic heterocycles. The van der Waals surface area contributed by atoms with Gasteiger partial charge in [0, 0.05) is 36.6 Å². The number of imidazole rings is 1. The average Bonchev–Trinajstić information content (AvgIpc) is 2.76. The first kappa shape index (κ1) is 10.5. The second-order valence-electron chi connectivity index (χ2n) is 3.53. The van der Waals surface area contributed by atoms with Crippen molar-refractivity contribution in [3.8, 4) is 11.4 Å². The molecule has 0 aliphatic carbocycles. The van der Waals surface area contributed by atoms with E-state index in [-0.39, 0.29) is 0 Å². The molecule has 4 heteroatoms. The van der Waals surface area contributed by atoms with Gasteiger partial charge in [0.05, 0.1) is 12.8 Å². The lowest BCUT2D eigenvalue weighted by Crippen LogP contribution is -2.00. The molecule has 0 radical (unpaired) electrons. The largest absolute Gasteiger partial charge is 0.497 e. The van der Waals surface area contributed by atoms with E-state index in [0.29, 0.717) is 5.69 Å². The van der Waals surface area contributed by atoms with Crippen LogP contribution in [-0.2, 0) is 6.42 Å². The lowest BCUT2D eigenvalue weighted by atomic mass is 10.2. The molecule has 0 saturated carbocycles. The van der Waals surface area contributed by atoms with Crippen LogP contribution in [-0.4, -0.2) is 16.7 Å². The summed E-state index contributed by atoms with van der Waals surface area (Å²) in [6.07, 6.45) is 4.59. The first-order valence-corrected chi connectivity index (χ1v) is 5.21. The molecule has 2 aromatic rings. The Morgan fingerprint density at radius 1 is 1.38 bits per heavy atom. The summed E-state index contributed by atoms with van der Waals surface area (Å²) in [4.78, 5) is 4.28. The molecule has 0 spiro atoms. The SMILES string of the molecule is CCc1nccn1-c1cc(N)cc(OC)c1. The first-order chi connectivity index (χ1) is 7.74. The second kappa shape index (κ2) is 4.26. The van der Waals surface area contributed by atoms with Crippen molar-refractivity contribution in [1.82, 2.24) is 9.55 Å². The van der Waals surface area contributed by atoms with Crippen molar-refractivity contribution >= 4 is 5.69 Å². The van der Waals surface area contributed by atoms with Crippen molar-refractivity contribution in [2.24, 2.45) is 0 Å². The molecule has 1 aromatic heterocycles. The molecule has 0 unspecified atom stereocenters. The third-order valence-electron chi connectivity index (χ3n) is 2.46. The van der Waals surface area contributed by atoms with E-state index in [1.807, 2.05) is 22.9 Å². The van der Waals surface area contributed by atoms with Crippen LogP contribution in [0.3, 0.4) is 0 Å². The van der Waals surface area contributed by atoms with Crippen molar-refractivity contribution < 1.29 is 4.74 Å². The number of benzene rings is 1. The third-order valence-corrected chi connectivity index (χ3v) is 2.46. The van der Waals surface area contributed by atoms with Gasteiger partial charge in [0.1, 0.15) is 11.6 Å². The van der Waals surface area contributed by atoms with E-state index in [1.54, 1.807) is 19.4 Å². The Balaban J connectivity index is 2.51. The van der Waals surface area contributed by atoms with Gasteiger partial charge in [-0.2, -0.15) is 0 Å². The number of nitrogen functional groups attached to an aromatic ring is 1. The van der Waals surface area contributed by atoms with E-state index in [2.05, 4.69) is 11.9 Å². The van der Waals surface area contributed by atoms with Gasteiger partial charge in [0.15, 0.2) is 0 Å². The molecule has 0 fully saturated rings. The first-order valence-electron chi connectivity index (χ1n) is 5.21. The lowest BCUT2D eigenvalue weighted by Gasteiger charge is -2.09. The van der Waals surface area contributed by atoms with Crippen LogP contribution in [0.2, 0.25) is 0 Å². The van der Waals surface area contributed by atoms with Gasteiger partial charge in [-0.3, -0.25) is 0 Å². The van der Waals surface area contributed by atoms with Crippen LogP contribution >= 0.6 is 0 Å². The minimum absolute atomic E-state index is 0.685. The molecule has 1 heterocycles. The highest BCUT2D eigenvalue weighted by Gasteiger charge is 2.05. The minimum atomic E-state index is 0.685. The maximum Gasteiger partial charge on any atom is 0.123 e. The molecular formula is C12H15N3O. The van der Waals surface area contributed by atoms with Crippen molar-refractivity contribution in [1.29, 1.82) is 0 Å². The van der Waals surface area contributed by atoms with E-state index in [4.69, 9.17) is 10.5 Å². The molecule has 0 amide bonds. The van der Waals surface area contributed by atoms with Crippen LogP contribution in [0.4, 0.5) is 5.69 Å².